The maximum Gasteiger partial charge on any atom is 0.343 e. The van der Waals surface area contributed by atoms with Gasteiger partial charge in [-0.1, -0.05) is 173 Å². The molecular weight excluding hydrogens is 1170 g/mol. The van der Waals surface area contributed by atoms with Gasteiger partial charge in [-0.05, 0) is 107 Å². The summed E-state index contributed by atoms with van der Waals surface area (Å²) in [6, 6.07) is 36.5. The molecule has 4 aromatic rings. The van der Waals surface area contributed by atoms with E-state index in [0.717, 1.165) is 172 Å². The van der Waals surface area contributed by atoms with Crippen LogP contribution in [0.1, 0.15) is 151 Å². The molecular formula is C70H100BrN3O13. The van der Waals surface area contributed by atoms with E-state index in [1.165, 1.54) is 7.11 Å². The highest BCUT2D eigenvalue weighted by Crippen LogP contribution is 2.45. The van der Waals surface area contributed by atoms with Gasteiger partial charge in [0.2, 0.25) is 0 Å². The van der Waals surface area contributed by atoms with E-state index in [1.807, 2.05) is 99.0 Å². The van der Waals surface area contributed by atoms with Crippen molar-refractivity contribution in [3.8, 4) is 0 Å². The van der Waals surface area contributed by atoms with E-state index in [0.29, 0.717) is 22.3 Å². The smallest absolute Gasteiger partial charge is 0.343 e. The molecule has 4 unspecified atom stereocenters. The van der Waals surface area contributed by atoms with Gasteiger partial charge in [0.05, 0.1) is 33.4 Å². The van der Waals surface area contributed by atoms with Gasteiger partial charge in [0.1, 0.15) is 12.6 Å². The topological polar surface area (TPSA) is 224 Å². The third kappa shape index (κ3) is 17.7. The number of carbonyl (C=O) groups excluding carboxylic acids is 3. The predicted octanol–water partition coefficient (Wildman–Crippen LogP) is 6.23. The molecule has 0 aromatic heterocycles. The van der Waals surface area contributed by atoms with Gasteiger partial charge in [0, 0.05) is 56.3 Å². The fourth-order valence-corrected chi connectivity index (χ4v) is 14.3. The number of carbonyl (C=O) groups is 4. The molecule has 480 valence electrons. The fourth-order valence-electron chi connectivity index (χ4n) is 14.3. The number of aliphatic hydroxyl groups is 5. The van der Waals surface area contributed by atoms with Gasteiger partial charge in [-0.25, -0.2) is 19.2 Å². The molecule has 3 heterocycles. The van der Waals surface area contributed by atoms with Crippen LogP contribution in [0.4, 0.5) is 0 Å². The van der Waals surface area contributed by atoms with Crippen molar-refractivity contribution in [2.45, 2.75) is 170 Å². The number of ether oxygens (including phenoxy) is 3. The molecule has 0 amide bonds. The fraction of sp³-hybridized carbons (Fsp3) is 0.600. The Labute approximate surface area is 527 Å². The standard InChI is InChI=1S/C20H30NO3.C18H25NO3.C14H18O3.C13H16O3.C5H11NO.BrH/c1-3-21(2)14-13-18(15-21)24-19(22)20(23,17-11-7-8-12-17)16-9-5-4-6-10-16;1-19-12-11-16(13-19)22-17(20)18(21,15-9-5-6-10-15)14-7-3-2-4-8-14;1-17-13(15)14(16,12-9-5-6-10-12)11-7-3-2-4-8-11;14-12(15)13(16,11-8-4-5-9-11)10-6-2-1-3-7-10;1-6-3-2-5(7)4-6;/h4-6,9-10,17-18,23H,3,7-8,11-15H2,1-2H3;2-4,7-8,15-16,21H,5-6,9-13H2,1H3;2-4,7-8,12,16H,5-6,9-10H2,1H3;1-3,6-7,11,16H,4-5,8-9H2,(H,14,15);5,7H,2-4H2,1H3;1H/q+1;;;;;/p-1/t18?,20-,21?;16?,18-;14-;13-;;/m0000../s1. The number of quaternary nitrogens is 1. The molecule has 4 aliphatic carbocycles. The lowest BCUT2D eigenvalue weighted by atomic mass is 9.80. The summed E-state index contributed by atoms with van der Waals surface area (Å²) in [6.45, 7) is 8.69. The summed E-state index contributed by atoms with van der Waals surface area (Å²) in [5.74, 6) is -2.87. The van der Waals surface area contributed by atoms with Gasteiger partial charge in [0.15, 0.2) is 28.5 Å². The van der Waals surface area contributed by atoms with Gasteiger partial charge in [0.25, 0.3) is 0 Å². The lowest BCUT2D eigenvalue weighted by Crippen LogP contribution is -3.00. The van der Waals surface area contributed by atoms with E-state index in [-0.39, 0.29) is 59.0 Å². The molecule has 17 heteroatoms. The van der Waals surface area contributed by atoms with Crippen LogP contribution in [0.25, 0.3) is 0 Å². The monoisotopic (exact) mass is 1270 g/mol. The number of carboxylic acids is 1. The summed E-state index contributed by atoms with van der Waals surface area (Å²) in [7, 11) is 7.57. The normalized spacial score (nSPS) is 25.3. The Balaban J connectivity index is 0.000000180. The number of β-amino-alcohol motifs (C(OH)–C–C–N with tert-alkyl or cyclic N) is 1. The van der Waals surface area contributed by atoms with Crippen LogP contribution in [0.15, 0.2) is 121 Å². The van der Waals surface area contributed by atoms with Gasteiger partial charge >= 0.3 is 23.9 Å². The van der Waals surface area contributed by atoms with Gasteiger partial charge in [-0.15, -0.1) is 0 Å². The number of hydrogen-bond donors (Lipinski definition) is 6. The number of methoxy groups -OCH3 is 1. The Bertz CT molecular complexity index is 2700. The number of hydrogen-bond acceptors (Lipinski definition) is 14. The largest absolute Gasteiger partial charge is 1.00 e. The Morgan fingerprint density at radius 3 is 1.08 bits per heavy atom. The average molecular weight is 1270 g/mol. The van der Waals surface area contributed by atoms with Crippen LogP contribution in [-0.4, -0.2) is 161 Å². The third-order valence-electron chi connectivity index (χ3n) is 19.7. The van der Waals surface area contributed by atoms with Crippen LogP contribution in [-0.2, 0) is 55.8 Å². The SMILES string of the molecule is CC[N+]1(C)CCC(OC(=O)[C@](O)(c2ccccc2)C2CCCC2)C1.CN1CCC(O)C1.CN1CCC(OC(=O)[C@](O)(c2ccccc2)C2CCCC2)C1.COC(=O)[C@](O)(c1ccccc1)C1CCCC1.O=C(O)[C@](O)(c1ccccc1)C1CCCC1.[Br-]. The molecule has 0 bridgehead atoms. The van der Waals surface area contributed by atoms with Crippen molar-refractivity contribution in [3.05, 3.63) is 144 Å². The van der Waals surface area contributed by atoms with Crippen molar-refractivity contribution in [3.63, 3.8) is 0 Å². The number of halogens is 1. The van der Waals surface area contributed by atoms with Crippen molar-refractivity contribution < 1.29 is 85.5 Å². The zero-order valence-electron chi connectivity index (χ0n) is 52.2. The number of nitrogens with zero attached hydrogens (tertiary/aromatic N) is 3. The van der Waals surface area contributed by atoms with Crippen LogP contribution in [0.3, 0.4) is 0 Å². The minimum atomic E-state index is -1.71. The number of benzene rings is 4. The van der Waals surface area contributed by atoms with E-state index in [4.69, 9.17) is 19.3 Å². The van der Waals surface area contributed by atoms with Crippen molar-refractivity contribution in [2.24, 2.45) is 23.7 Å². The highest BCUT2D eigenvalue weighted by atomic mass is 79.9. The van der Waals surface area contributed by atoms with E-state index in [2.05, 4.69) is 23.8 Å². The maximum absolute atomic E-state index is 13.0. The summed E-state index contributed by atoms with van der Waals surface area (Å²) in [6.07, 6.45) is 17.7. The molecule has 0 radical (unpaired) electrons. The first-order chi connectivity index (χ1) is 41.2. The quantitative estimate of drug-likeness (QED) is 0.0441. The van der Waals surface area contributed by atoms with Crippen LogP contribution in [0.5, 0.6) is 0 Å². The van der Waals surface area contributed by atoms with Gasteiger partial charge in [-0.3, -0.25) is 0 Å². The molecule has 4 saturated carbocycles. The third-order valence-corrected chi connectivity index (χ3v) is 19.7. The summed E-state index contributed by atoms with van der Waals surface area (Å²) in [5, 5.41) is 62.1. The van der Waals surface area contributed by atoms with Gasteiger partial charge in [-0.2, -0.15) is 0 Å². The molecule has 0 spiro atoms. The van der Waals surface area contributed by atoms with Gasteiger partial charge < -0.3 is 76.1 Å². The molecule has 8 atom stereocenters. The lowest BCUT2D eigenvalue weighted by molar-refractivity contribution is -0.897. The first kappa shape index (κ1) is 71.0. The number of aliphatic carboxylic acids is 1. The number of aliphatic hydroxyl groups excluding tert-OH is 1. The zero-order chi connectivity index (χ0) is 62.0. The van der Waals surface area contributed by atoms with Crippen molar-refractivity contribution in [2.75, 3.05) is 74.1 Å². The van der Waals surface area contributed by atoms with Crippen LogP contribution >= 0.6 is 0 Å². The molecule has 11 rings (SSSR count). The Morgan fingerprint density at radius 1 is 0.483 bits per heavy atom. The number of esters is 3. The van der Waals surface area contributed by atoms with Crippen molar-refractivity contribution in [1.29, 1.82) is 0 Å². The zero-order valence-corrected chi connectivity index (χ0v) is 53.8. The first-order valence-electron chi connectivity index (χ1n) is 32.0. The number of carboxylic acid groups (broad SMARTS) is 1. The highest BCUT2D eigenvalue weighted by molar-refractivity contribution is 5.83. The summed E-state index contributed by atoms with van der Waals surface area (Å²) >= 11 is 0. The summed E-state index contributed by atoms with van der Waals surface area (Å²) < 4.78 is 17.2. The molecule has 7 fully saturated rings. The van der Waals surface area contributed by atoms with Crippen LogP contribution in [0, 0.1) is 23.7 Å². The molecule has 87 heavy (non-hydrogen) atoms. The average Bonchev–Trinajstić information content (AvgIpc) is 2.62. The first-order valence-corrected chi connectivity index (χ1v) is 32.0. The number of rotatable bonds is 15. The van der Waals surface area contributed by atoms with Crippen molar-refractivity contribution >= 4 is 23.9 Å². The van der Waals surface area contributed by atoms with E-state index in [1.54, 1.807) is 36.4 Å². The Hall–Kier alpha value is -5.08. The maximum atomic E-state index is 13.0. The highest BCUT2D eigenvalue weighted by Gasteiger charge is 2.52. The second kappa shape index (κ2) is 33.1. The Morgan fingerprint density at radius 2 is 0.805 bits per heavy atom. The predicted molar refractivity (Wildman–Crippen MR) is 330 cm³/mol. The Kier molecular flexibility index (Phi) is 27.0. The van der Waals surface area contributed by atoms with E-state index >= 15 is 0 Å². The number of likely N-dealkylation sites (N-methyl/N-ethyl adjacent to an activating group) is 3. The van der Waals surface area contributed by atoms with Crippen LogP contribution < -0.4 is 17.0 Å². The lowest BCUT2D eigenvalue weighted by Gasteiger charge is -2.33. The van der Waals surface area contributed by atoms with Crippen LogP contribution in [0.2, 0.25) is 0 Å². The molecule has 3 saturated heterocycles. The molecule has 7 aliphatic rings. The van der Waals surface area contributed by atoms with E-state index < -0.39 is 46.3 Å². The van der Waals surface area contributed by atoms with Crippen molar-refractivity contribution in [1.82, 2.24) is 9.80 Å². The minimum absolute atomic E-state index is 0. The minimum Gasteiger partial charge on any atom is -1.00 e. The molecule has 6 N–H and O–H groups in total. The molecule has 3 aliphatic heterocycles. The summed E-state index contributed by atoms with van der Waals surface area (Å²) in [5.41, 5.74) is -3.72. The second-order valence-corrected chi connectivity index (χ2v) is 25.7. The second-order valence-electron chi connectivity index (χ2n) is 25.7. The summed E-state index contributed by atoms with van der Waals surface area (Å²) in [4.78, 5) is 53.4. The molecule has 16 nitrogen and oxygen atoms in total. The molecule has 4 aromatic carbocycles. The van der Waals surface area contributed by atoms with E-state index in [9.17, 15) is 44.7 Å². The number of likely N-dealkylation sites (tertiary alicyclic amines) is 3.